The lowest BCUT2D eigenvalue weighted by Gasteiger charge is -1.84. The van der Waals surface area contributed by atoms with Crippen molar-refractivity contribution in [3.05, 3.63) is 23.3 Å². The van der Waals surface area contributed by atoms with Crippen LogP contribution in [-0.2, 0) is 6.42 Å². The highest BCUT2D eigenvalue weighted by Crippen LogP contribution is 2.25. The zero-order chi connectivity index (χ0) is 8.39. The van der Waals surface area contributed by atoms with Crippen molar-refractivity contribution < 1.29 is 4.52 Å². The minimum absolute atomic E-state index is 0.611. The average Bonchev–Trinajstić information content (AvgIpc) is 2.75. The number of rotatable bonds is 2. The fraction of sp³-hybridized carbons (Fsp3) is 0.250. The van der Waals surface area contributed by atoms with Crippen LogP contribution in [0.25, 0.3) is 10.8 Å². The maximum absolute atomic E-state index is 4.93. The van der Waals surface area contributed by atoms with Gasteiger partial charge in [0.15, 0.2) is 6.33 Å². The zero-order valence-corrected chi connectivity index (χ0v) is 7.47. The van der Waals surface area contributed by atoms with Crippen LogP contribution in [-0.4, -0.2) is 10.1 Å². The fourth-order valence-electron chi connectivity index (χ4n) is 0.965. The molecule has 0 aliphatic rings. The largest absolute Gasteiger partial charge is 0.333 e. The van der Waals surface area contributed by atoms with Crippen molar-refractivity contribution in [2.45, 2.75) is 13.3 Å². The molecule has 2 heterocycles. The maximum atomic E-state index is 4.93. The van der Waals surface area contributed by atoms with Gasteiger partial charge in [0.25, 0.3) is 5.89 Å². The first kappa shape index (κ1) is 7.49. The first-order valence-electron chi connectivity index (χ1n) is 3.76. The third-order valence-corrected chi connectivity index (χ3v) is 2.80. The predicted octanol–water partition coefficient (Wildman–Crippen LogP) is 2.36. The minimum atomic E-state index is 0.611. The maximum Gasteiger partial charge on any atom is 0.267 e. The van der Waals surface area contributed by atoms with Crippen LogP contribution in [0.2, 0.25) is 0 Å². The monoisotopic (exact) mass is 180 g/mol. The molecule has 0 atom stereocenters. The molecule has 12 heavy (non-hydrogen) atoms. The molecule has 0 unspecified atom stereocenters. The summed E-state index contributed by atoms with van der Waals surface area (Å²) >= 11 is 1.69. The van der Waals surface area contributed by atoms with Gasteiger partial charge in [0, 0.05) is 4.88 Å². The van der Waals surface area contributed by atoms with Gasteiger partial charge in [-0.25, -0.2) is 0 Å². The first-order chi connectivity index (χ1) is 5.90. The van der Waals surface area contributed by atoms with Gasteiger partial charge in [0.2, 0.25) is 0 Å². The molecular weight excluding hydrogens is 172 g/mol. The Kier molecular flexibility index (Phi) is 1.91. The second-order valence-corrected chi connectivity index (χ2v) is 3.53. The van der Waals surface area contributed by atoms with Gasteiger partial charge in [-0.2, -0.15) is 4.98 Å². The van der Waals surface area contributed by atoms with E-state index >= 15 is 0 Å². The Hall–Kier alpha value is -1.16. The van der Waals surface area contributed by atoms with Crippen molar-refractivity contribution in [3.8, 4) is 10.8 Å². The number of aromatic nitrogens is 2. The number of nitrogens with zero attached hydrogens (tertiary/aromatic N) is 2. The summed E-state index contributed by atoms with van der Waals surface area (Å²) in [6, 6.07) is 4.10. The van der Waals surface area contributed by atoms with Crippen LogP contribution in [0.3, 0.4) is 0 Å². The third kappa shape index (κ3) is 1.25. The molecule has 0 aliphatic heterocycles. The molecule has 2 rings (SSSR count). The molecule has 0 saturated heterocycles. The number of thiophene rings is 1. The van der Waals surface area contributed by atoms with Gasteiger partial charge in [-0.15, -0.1) is 11.3 Å². The van der Waals surface area contributed by atoms with Crippen molar-refractivity contribution in [1.82, 2.24) is 10.1 Å². The second-order valence-electron chi connectivity index (χ2n) is 2.37. The van der Waals surface area contributed by atoms with Crippen LogP contribution in [0.1, 0.15) is 11.8 Å². The summed E-state index contributed by atoms with van der Waals surface area (Å²) in [5, 5.41) is 3.55. The summed E-state index contributed by atoms with van der Waals surface area (Å²) in [7, 11) is 0. The van der Waals surface area contributed by atoms with Crippen molar-refractivity contribution in [2.24, 2.45) is 0 Å². The molecule has 2 aromatic rings. The minimum Gasteiger partial charge on any atom is -0.333 e. The van der Waals surface area contributed by atoms with Gasteiger partial charge in [0.1, 0.15) is 0 Å². The fourth-order valence-corrected chi connectivity index (χ4v) is 1.84. The lowest BCUT2D eigenvalue weighted by molar-refractivity contribution is 0.431. The lowest BCUT2D eigenvalue weighted by atomic mass is 10.4. The molecule has 0 amide bonds. The summed E-state index contributed by atoms with van der Waals surface area (Å²) in [5.41, 5.74) is 0. The molecule has 0 radical (unpaired) electrons. The van der Waals surface area contributed by atoms with Crippen molar-refractivity contribution >= 4 is 11.3 Å². The second kappa shape index (κ2) is 3.06. The van der Waals surface area contributed by atoms with Crippen LogP contribution in [0.4, 0.5) is 0 Å². The van der Waals surface area contributed by atoms with Crippen molar-refractivity contribution in [2.75, 3.05) is 0 Å². The molecule has 0 aliphatic carbocycles. The molecule has 0 spiro atoms. The summed E-state index contributed by atoms with van der Waals surface area (Å²) < 4.78 is 4.93. The summed E-state index contributed by atoms with van der Waals surface area (Å²) in [4.78, 5) is 6.35. The molecule has 2 aromatic heterocycles. The number of hydrogen-bond acceptors (Lipinski definition) is 4. The normalized spacial score (nSPS) is 10.4. The average molecular weight is 180 g/mol. The van der Waals surface area contributed by atoms with E-state index in [1.165, 1.54) is 11.2 Å². The molecule has 0 N–H and O–H groups in total. The molecule has 4 heteroatoms. The Balaban J connectivity index is 2.35. The van der Waals surface area contributed by atoms with Crippen molar-refractivity contribution in [1.29, 1.82) is 0 Å². The van der Waals surface area contributed by atoms with Crippen LogP contribution in [0.15, 0.2) is 23.0 Å². The van der Waals surface area contributed by atoms with E-state index < -0.39 is 0 Å². The molecular formula is C8H8N2OS. The number of aryl methyl sites for hydroxylation is 1. The van der Waals surface area contributed by atoms with E-state index in [9.17, 15) is 0 Å². The van der Waals surface area contributed by atoms with E-state index in [4.69, 9.17) is 4.52 Å². The summed E-state index contributed by atoms with van der Waals surface area (Å²) in [6.45, 7) is 2.13. The Bertz CT molecular complexity index is 353. The first-order valence-corrected chi connectivity index (χ1v) is 4.57. The Labute approximate surface area is 74.0 Å². The molecule has 62 valence electrons. The van der Waals surface area contributed by atoms with Gasteiger partial charge in [-0.05, 0) is 18.6 Å². The molecule has 3 nitrogen and oxygen atoms in total. The topological polar surface area (TPSA) is 38.9 Å². The molecule has 0 saturated carbocycles. The highest BCUT2D eigenvalue weighted by atomic mass is 32.1. The van der Waals surface area contributed by atoms with Crippen molar-refractivity contribution in [3.63, 3.8) is 0 Å². The Morgan fingerprint density at radius 1 is 1.50 bits per heavy atom. The van der Waals surface area contributed by atoms with Gasteiger partial charge >= 0.3 is 0 Å². The summed E-state index contributed by atoms with van der Waals surface area (Å²) in [5.74, 6) is 0.611. The van der Waals surface area contributed by atoms with Gasteiger partial charge in [-0.3, -0.25) is 0 Å². The molecule has 0 aromatic carbocycles. The standard InChI is InChI=1S/C8H8N2OS/c1-2-6-3-4-7(12-6)8-9-5-10-11-8/h3-5H,2H2,1H3. The van der Waals surface area contributed by atoms with Gasteiger partial charge in [0.05, 0.1) is 4.88 Å². The Morgan fingerprint density at radius 3 is 3.00 bits per heavy atom. The molecule has 0 bridgehead atoms. The van der Waals surface area contributed by atoms with E-state index in [1.807, 2.05) is 6.07 Å². The van der Waals surface area contributed by atoms with Crippen LogP contribution in [0.5, 0.6) is 0 Å². The van der Waals surface area contributed by atoms with E-state index in [-0.39, 0.29) is 0 Å². The Morgan fingerprint density at radius 2 is 2.42 bits per heavy atom. The van der Waals surface area contributed by atoms with Crippen LogP contribution < -0.4 is 0 Å². The van der Waals surface area contributed by atoms with Crippen LogP contribution >= 0.6 is 11.3 Å². The predicted molar refractivity (Wildman–Crippen MR) is 47.0 cm³/mol. The highest BCUT2D eigenvalue weighted by Gasteiger charge is 2.05. The molecule has 0 fully saturated rings. The lowest BCUT2D eigenvalue weighted by Crippen LogP contribution is -1.67. The summed E-state index contributed by atoms with van der Waals surface area (Å²) in [6.07, 6.45) is 2.47. The highest BCUT2D eigenvalue weighted by molar-refractivity contribution is 7.15. The SMILES string of the molecule is CCc1ccc(-c2ncno2)s1. The third-order valence-electron chi connectivity index (χ3n) is 1.58. The zero-order valence-electron chi connectivity index (χ0n) is 6.65. The number of hydrogen-bond donors (Lipinski definition) is 0. The quantitative estimate of drug-likeness (QED) is 0.712. The smallest absolute Gasteiger partial charge is 0.267 e. The van der Waals surface area contributed by atoms with E-state index in [1.54, 1.807) is 11.3 Å². The van der Waals surface area contributed by atoms with E-state index in [0.717, 1.165) is 11.3 Å². The van der Waals surface area contributed by atoms with E-state index in [2.05, 4.69) is 23.1 Å². The van der Waals surface area contributed by atoms with Crippen LogP contribution in [0, 0.1) is 0 Å². The van der Waals surface area contributed by atoms with Gasteiger partial charge in [-0.1, -0.05) is 12.1 Å². The van der Waals surface area contributed by atoms with Gasteiger partial charge < -0.3 is 4.52 Å². The van der Waals surface area contributed by atoms with E-state index in [0.29, 0.717) is 5.89 Å².